The van der Waals surface area contributed by atoms with E-state index < -0.39 is 23.5 Å². The van der Waals surface area contributed by atoms with E-state index in [4.69, 9.17) is 0 Å². The molecule has 4 heteroatoms. The van der Waals surface area contributed by atoms with Gasteiger partial charge in [-0.05, 0) is 24.1 Å². The van der Waals surface area contributed by atoms with Crippen LogP contribution in [-0.2, 0) is 0 Å². The van der Waals surface area contributed by atoms with Crippen LogP contribution < -0.4 is 0 Å². The van der Waals surface area contributed by atoms with Gasteiger partial charge in [0.2, 0.25) is 0 Å². The molecule has 0 saturated heterocycles. The summed E-state index contributed by atoms with van der Waals surface area (Å²) in [5, 5.41) is 9.81. The van der Waals surface area contributed by atoms with Gasteiger partial charge >= 0.3 is 0 Å². The van der Waals surface area contributed by atoms with Crippen LogP contribution in [0.5, 0.6) is 0 Å². The number of Topliss-reactive ketones (excluding diaryl/α,β-unsaturated/α-hetero) is 1. The molecule has 0 amide bonds. The highest BCUT2D eigenvalue weighted by molar-refractivity contribution is 5.99. The number of hydrogen-bond donors (Lipinski definition) is 1. The van der Waals surface area contributed by atoms with Gasteiger partial charge in [-0.15, -0.1) is 0 Å². The second-order valence-corrected chi connectivity index (χ2v) is 4.01. The Bertz CT molecular complexity index is 400. The Morgan fingerprint density at radius 3 is 2.41 bits per heavy atom. The summed E-state index contributed by atoms with van der Waals surface area (Å²) in [6, 6.07) is 2.65. The third-order valence-electron chi connectivity index (χ3n) is 2.96. The van der Waals surface area contributed by atoms with Gasteiger partial charge in [-0.1, -0.05) is 26.7 Å². The highest BCUT2D eigenvalue weighted by atomic mass is 19.1. The van der Waals surface area contributed by atoms with Gasteiger partial charge in [-0.25, -0.2) is 8.78 Å². The number of benzene rings is 1. The van der Waals surface area contributed by atoms with E-state index in [2.05, 4.69) is 0 Å². The zero-order valence-electron chi connectivity index (χ0n) is 9.91. The summed E-state index contributed by atoms with van der Waals surface area (Å²) >= 11 is 0. The van der Waals surface area contributed by atoms with Gasteiger partial charge in [0.05, 0.1) is 5.56 Å². The zero-order valence-corrected chi connectivity index (χ0v) is 9.91. The average molecular weight is 242 g/mol. The topological polar surface area (TPSA) is 37.3 Å². The first-order chi connectivity index (χ1) is 8.01. The van der Waals surface area contributed by atoms with Crippen molar-refractivity contribution in [3.63, 3.8) is 0 Å². The molecule has 2 nitrogen and oxygen atoms in total. The monoisotopic (exact) mass is 242 g/mol. The van der Waals surface area contributed by atoms with E-state index in [1.54, 1.807) is 0 Å². The molecule has 0 aliphatic carbocycles. The van der Waals surface area contributed by atoms with Crippen LogP contribution in [0.15, 0.2) is 18.2 Å². The van der Waals surface area contributed by atoms with E-state index in [1.807, 2.05) is 13.8 Å². The highest BCUT2D eigenvalue weighted by Gasteiger charge is 2.26. The van der Waals surface area contributed by atoms with Crippen molar-refractivity contribution < 1.29 is 18.7 Å². The molecule has 0 spiro atoms. The van der Waals surface area contributed by atoms with Crippen molar-refractivity contribution >= 4 is 5.78 Å². The minimum absolute atomic E-state index is 0.231. The number of rotatable bonds is 5. The van der Waals surface area contributed by atoms with E-state index in [0.717, 1.165) is 18.2 Å². The summed E-state index contributed by atoms with van der Waals surface area (Å²) < 4.78 is 26.3. The number of carbonyl (C=O) groups is 1. The first kappa shape index (κ1) is 13.8. The molecule has 1 atom stereocenters. The molecule has 0 fully saturated rings. The van der Waals surface area contributed by atoms with Gasteiger partial charge in [-0.2, -0.15) is 0 Å². The maximum atomic E-state index is 13.4. The molecular formula is C13H16F2O2. The molecule has 0 bridgehead atoms. The minimum atomic E-state index is -1.28. The largest absolute Gasteiger partial charge is 0.385 e. The maximum absolute atomic E-state index is 13.4. The van der Waals surface area contributed by atoms with Gasteiger partial charge in [0.15, 0.2) is 5.78 Å². The molecule has 17 heavy (non-hydrogen) atoms. The molecular weight excluding hydrogens is 226 g/mol. The number of aliphatic hydroxyl groups excluding tert-OH is 1. The Hall–Kier alpha value is -1.29. The van der Waals surface area contributed by atoms with Crippen LogP contribution in [0.25, 0.3) is 0 Å². The van der Waals surface area contributed by atoms with Crippen molar-refractivity contribution in [2.75, 3.05) is 0 Å². The average Bonchev–Trinajstić information content (AvgIpc) is 2.32. The number of hydrogen-bond acceptors (Lipinski definition) is 2. The van der Waals surface area contributed by atoms with Crippen molar-refractivity contribution in [1.82, 2.24) is 0 Å². The van der Waals surface area contributed by atoms with Crippen molar-refractivity contribution in [3.8, 4) is 0 Å². The fourth-order valence-corrected chi connectivity index (χ4v) is 1.79. The molecule has 0 heterocycles. The summed E-state index contributed by atoms with van der Waals surface area (Å²) in [5.41, 5.74) is -0.385. The second-order valence-electron chi connectivity index (χ2n) is 4.01. The highest BCUT2D eigenvalue weighted by Crippen LogP contribution is 2.19. The normalized spacial score (nSPS) is 12.8. The van der Waals surface area contributed by atoms with E-state index in [-0.39, 0.29) is 11.5 Å². The molecule has 1 rings (SSSR count). The maximum Gasteiger partial charge on any atom is 0.194 e. The Kier molecular flexibility index (Phi) is 4.75. The van der Waals surface area contributed by atoms with Gasteiger partial charge in [0.1, 0.15) is 17.7 Å². The second kappa shape index (κ2) is 5.87. The van der Waals surface area contributed by atoms with Gasteiger partial charge in [0, 0.05) is 0 Å². The third-order valence-corrected chi connectivity index (χ3v) is 2.96. The molecule has 0 saturated carbocycles. The van der Waals surface area contributed by atoms with Gasteiger partial charge in [-0.3, -0.25) is 4.79 Å². The Balaban J connectivity index is 2.99. The van der Waals surface area contributed by atoms with E-state index in [1.165, 1.54) is 0 Å². The Morgan fingerprint density at radius 2 is 1.88 bits per heavy atom. The molecule has 94 valence electrons. The van der Waals surface area contributed by atoms with Crippen LogP contribution in [0.4, 0.5) is 8.78 Å². The first-order valence-electron chi connectivity index (χ1n) is 5.68. The van der Waals surface area contributed by atoms with Crippen LogP contribution in [0.1, 0.15) is 37.0 Å². The number of halogens is 2. The van der Waals surface area contributed by atoms with Crippen molar-refractivity contribution in [1.29, 1.82) is 0 Å². The lowest BCUT2D eigenvalue weighted by atomic mass is 9.90. The lowest BCUT2D eigenvalue weighted by molar-refractivity contribution is 0.0583. The summed E-state index contributed by atoms with van der Waals surface area (Å²) in [6.45, 7) is 3.68. The van der Waals surface area contributed by atoms with Crippen molar-refractivity contribution in [2.45, 2.75) is 32.8 Å². The molecule has 0 aliphatic heterocycles. The van der Waals surface area contributed by atoms with Crippen LogP contribution in [0.3, 0.4) is 0 Å². The molecule has 0 aliphatic rings. The van der Waals surface area contributed by atoms with E-state index >= 15 is 0 Å². The standard InChI is InChI=1S/C13H16F2O2/c1-3-8(4-2)12(16)13(17)10-7-9(14)5-6-11(10)15/h5-8,12,16H,3-4H2,1-2H3. The molecule has 1 N–H and O–H groups in total. The van der Waals surface area contributed by atoms with Crippen molar-refractivity contribution in [2.24, 2.45) is 5.92 Å². The lowest BCUT2D eigenvalue weighted by Gasteiger charge is -2.18. The van der Waals surface area contributed by atoms with Gasteiger partial charge in [0.25, 0.3) is 0 Å². The summed E-state index contributed by atoms with van der Waals surface area (Å²) in [7, 11) is 0. The fourth-order valence-electron chi connectivity index (χ4n) is 1.79. The van der Waals surface area contributed by atoms with E-state index in [9.17, 15) is 18.7 Å². The van der Waals surface area contributed by atoms with Crippen LogP contribution >= 0.6 is 0 Å². The minimum Gasteiger partial charge on any atom is -0.385 e. The van der Waals surface area contributed by atoms with Gasteiger partial charge < -0.3 is 5.11 Å². The fraction of sp³-hybridized carbons (Fsp3) is 0.462. The molecule has 0 aromatic heterocycles. The van der Waals surface area contributed by atoms with E-state index in [0.29, 0.717) is 12.8 Å². The quantitative estimate of drug-likeness (QED) is 0.806. The smallest absolute Gasteiger partial charge is 0.194 e. The van der Waals surface area contributed by atoms with Crippen LogP contribution in [0.2, 0.25) is 0 Å². The predicted octanol–water partition coefficient (Wildman–Crippen LogP) is 2.94. The SMILES string of the molecule is CCC(CC)C(O)C(=O)c1cc(F)ccc1F. The van der Waals surface area contributed by atoms with Crippen LogP contribution in [0, 0.1) is 17.6 Å². The number of aliphatic hydroxyl groups is 1. The molecule has 1 aromatic carbocycles. The third kappa shape index (κ3) is 3.09. The summed E-state index contributed by atoms with van der Waals surface area (Å²) in [6.07, 6.45) is -0.0537. The Morgan fingerprint density at radius 1 is 1.29 bits per heavy atom. The summed E-state index contributed by atoms with van der Waals surface area (Å²) in [4.78, 5) is 11.8. The van der Waals surface area contributed by atoms with Crippen LogP contribution in [-0.4, -0.2) is 17.0 Å². The first-order valence-corrected chi connectivity index (χ1v) is 5.68. The summed E-state index contributed by atoms with van der Waals surface area (Å²) in [5.74, 6) is -2.48. The zero-order chi connectivity index (χ0) is 13.0. The molecule has 0 radical (unpaired) electrons. The number of carbonyl (C=O) groups excluding carboxylic acids is 1. The van der Waals surface area contributed by atoms with Crippen molar-refractivity contribution in [3.05, 3.63) is 35.4 Å². The molecule has 1 unspecified atom stereocenters. The predicted molar refractivity (Wildman–Crippen MR) is 60.8 cm³/mol. The number of ketones is 1. The lowest BCUT2D eigenvalue weighted by Crippen LogP contribution is -2.29. The Labute approximate surface area is 99.3 Å². The molecule has 1 aromatic rings.